The maximum atomic E-state index is 6.03. The van der Waals surface area contributed by atoms with E-state index in [4.69, 9.17) is 10.6 Å². The molecule has 0 fully saturated rings. The molecule has 0 radical (unpaired) electrons. The predicted octanol–water partition coefficient (Wildman–Crippen LogP) is 2.95. The molecule has 0 spiro atoms. The molecule has 0 aliphatic rings. The molecule has 2 N–H and O–H groups in total. The van der Waals surface area contributed by atoms with Crippen LogP contribution in [0.5, 0.6) is 5.75 Å². The number of rotatable bonds is 4. The van der Waals surface area contributed by atoms with Crippen molar-refractivity contribution in [2.45, 2.75) is 13.5 Å². The Morgan fingerprint density at radius 1 is 1.29 bits per heavy atom. The van der Waals surface area contributed by atoms with Crippen molar-refractivity contribution in [2.75, 3.05) is 12.1 Å². The lowest BCUT2D eigenvalue weighted by Crippen LogP contribution is -2.29. The van der Waals surface area contributed by atoms with E-state index in [1.807, 2.05) is 24.3 Å². The molecule has 0 atom stereocenters. The summed E-state index contributed by atoms with van der Waals surface area (Å²) >= 11 is 1.73. The second kappa shape index (κ2) is 5.21. The van der Waals surface area contributed by atoms with Crippen molar-refractivity contribution in [1.29, 1.82) is 0 Å². The number of nitrogens with zero attached hydrogens (tertiary/aromatic N) is 1. The van der Waals surface area contributed by atoms with E-state index in [-0.39, 0.29) is 0 Å². The number of anilines is 1. The molecule has 0 aliphatic heterocycles. The molecule has 2 aromatic rings. The minimum absolute atomic E-state index is 0.727. The zero-order chi connectivity index (χ0) is 12.3. The second-order valence-corrected chi connectivity index (χ2v) is 4.91. The van der Waals surface area contributed by atoms with Crippen LogP contribution in [-0.4, -0.2) is 7.11 Å². The van der Waals surface area contributed by atoms with E-state index in [0.29, 0.717) is 0 Å². The average Bonchev–Trinajstić information content (AvgIpc) is 2.75. The third-order valence-electron chi connectivity index (χ3n) is 2.52. The van der Waals surface area contributed by atoms with E-state index in [2.05, 4.69) is 18.4 Å². The smallest absolute Gasteiger partial charge is 0.119 e. The minimum atomic E-state index is 0.727. The van der Waals surface area contributed by atoms with Crippen molar-refractivity contribution >= 4 is 17.0 Å². The molecule has 4 heteroatoms. The van der Waals surface area contributed by atoms with Gasteiger partial charge in [0, 0.05) is 4.88 Å². The molecular weight excluding hydrogens is 232 g/mol. The fourth-order valence-corrected chi connectivity index (χ4v) is 2.48. The Bertz CT molecular complexity index is 478. The topological polar surface area (TPSA) is 38.5 Å². The monoisotopic (exact) mass is 248 g/mol. The molecule has 0 bridgehead atoms. The summed E-state index contributed by atoms with van der Waals surface area (Å²) in [6.45, 7) is 2.82. The summed E-state index contributed by atoms with van der Waals surface area (Å²) in [4.78, 5) is 1.26. The molecule has 0 saturated carbocycles. The number of aryl methyl sites for hydroxylation is 1. The lowest BCUT2D eigenvalue weighted by Gasteiger charge is -2.17. The number of thiophene rings is 1. The number of hydrazine groups is 1. The van der Waals surface area contributed by atoms with Crippen molar-refractivity contribution in [3.05, 3.63) is 46.2 Å². The van der Waals surface area contributed by atoms with Crippen LogP contribution in [0.25, 0.3) is 0 Å². The maximum Gasteiger partial charge on any atom is 0.119 e. The van der Waals surface area contributed by atoms with Crippen LogP contribution in [0.15, 0.2) is 35.7 Å². The van der Waals surface area contributed by atoms with Crippen molar-refractivity contribution < 1.29 is 4.74 Å². The molecule has 0 amide bonds. The summed E-state index contributed by atoms with van der Waals surface area (Å²) < 4.78 is 5.11. The van der Waals surface area contributed by atoms with Gasteiger partial charge in [0.2, 0.25) is 0 Å². The highest BCUT2D eigenvalue weighted by Crippen LogP contribution is 2.21. The van der Waals surface area contributed by atoms with Crippen LogP contribution >= 0.6 is 11.3 Å². The summed E-state index contributed by atoms with van der Waals surface area (Å²) in [5.41, 5.74) is 2.27. The largest absolute Gasteiger partial charge is 0.497 e. The van der Waals surface area contributed by atoms with Gasteiger partial charge < -0.3 is 9.75 Å². The zero-order valence-corrected chi connectivity index (χ0v) is 10.8. The number of methoxy groups -OCH3 is 1. The first kappa shape index (κ1) is 12.0. The molecule has 90 valence electrons. The zero-order valence-electron chi connectivity index (χ0n) is 10.0. The number of nitrogens with two attached hydrogens (primary N) is 1. The van der Waals surface area contributed by atoms with Crippen LogP contribution in [0.1, 0.15) is 10.4 Å². The molecule has 1 aromatic carbocycles. The fraction of sp³-hybridized carbons (Fsp3) is 0.231. The number of benzene rings is 1. The summed E-state index contributed by atoms with van der Waals surface area (Å²) in [5.74, 6) is 6.87. The van der Waals surface area contributed by atoms with Gasteiger partial charge in [-0.25, -0.2) is 5.84 Å². The molecule has 1 heterocycles. The molecule has 17 heavy (non-hydrogen) atoms. The van der Waals surface area contributed by atoms with Crippen molar-refractivity contribution in [3.63, 3.8) is 0 Å². The Kier molecular flexibility index (Phi) is 3.66. The summed E-state index contributed by atoms with van der Waals surface area (Å²) in [5, 5.41) is 3.88. The van der Waals surface area contributed by atoms with Gasteiger partial charge in [-0.1, -0.05) is 0 Å². The Balaban J connectivity index is 2.06. The second-order valence-electron chi connectivity index (χ2n) is 3.92. The lowest BCUT2D eigenvalue weighted by molar-refractivity contribution is 0.415. The molecule has 3 nitrogen and oxygen atoms in total. The van der Waals surface area contributed by atoms with Crippen LogP contribution in [-0.2, 0) is 6.54 Å². The highest BCUT2D eigenvalue weighted by atomic mass is 32.1. The number of hydrogen-bond donors (Lipinski definition) is 1. The highest BCUT2D eigenvalue weighted by molar-refractivity contribution is 7.10. The highest BCUT2D eigenvalue weighted by Gasteiger charge is 2.04. The van der Waals surface area contributed by atoms with Gasteiger partial charge in [0.15, 0.2) is 0 Å². The van der Waals surface area contributed by atoms with Crippen molar-refractivity contribution in [2.24, 2.45) is 5.84 Å². The van der Waals surface area contributed by atoms with E-state index in [0.717, 1.165) is 18.0 Å². The molecular formula is C13H16N2OS. The summed E-state index contributed by atoms with van der Waals surface area (Å²) in [6.07, 6.45) is 0. The Morgan fingerprint density at radius 2 is 2.00 bits per heavy atom. The van der Waals surface area contributed by atoms with Gasteiger partial charge in [-0.05, 0) is 48.2 Å². The molecule has 1 aromatic heterocycles. The van der Waals surface area contributed by atoms with Gasteiger partial charge in [0.25, 0.3) is 0 Å². The number of ether oxygens (including phenoxy) is 1. The van der Waals surface area contributed by atoms with E-state index < -0.39 is 0 Å². The number of hydrogen-bond acceptors (Lipinski definition) is 4. The first-order valence-electron chi connectivity index (χ1n) is 5.39. The molecule has 0 unspecified atom stereocenters. The van der Waals surface area contributed by atoms with E-state index in [9.17, 15) is 0 Å². The van der Waals surface area contributed by atoms with Gasteiger partial charge in [-0.3, -0.25) is 0 Å². The SMILES string of the molecule is COc1ccc(N(N)Cc2cc(C)cs2)cc1. The van der Waals surface area contributed by atoms with Crippen molar-refractivity contribution in [3.8, 4) is 5.75 Å². The van der Waals surface area contributed by atoms with Crippen LogP contribution in [0.2, 0.25) is 0 Å². The summed E-state index contributed by atoms with van der Waals surface area (Å²) in [7, 11) is 1.66. The van der Waals surface area contributed by atoms with Crippen molar-refractivity contribution in [1.82, 2.24) is 0 Å². The molecule has 0 aliphatic carbocycles. The maximum absolute atomic E-state index is 6.03. The quantitative estimate of drug-likeness (QED) is 0.668. The van der Waals surface area contributed by atoms with Crippen LogP contribution in [0, 0.1) is 6.92 Å². The Hall–Kier alpha value is -1.52. The standard InChI is InChI=1S/C13H16N2OS/c1-10-7-13(17-9-10)8-15(14)11-3-5-12(16-2)6-4-11/h3-7,9H,8,14H2,1-2H3. The van der Waals surface area contributed by atoms with Gasteiger partial charge in [-0.15, -0.1) is 11.3 Å². The van der Waals surface area contributed by atoms with Crippen LogP contribution in [0.4, 0.5) is 5.69 Å². The fourth-order valence-electron chi connectivity index (χ4n) is 1.61. The van der Waals surface area contributed by atoms with Gasteiger partial charge >= 0.3 is 0 Å². The van der Waals surface area contributed by atoms with Crippen LogP contribution < -0.4 is 15.6 Å². The summed E-state index contributed by atoms with van der Waals surface area (Å²) in [6, 6.07) is 9.90. The van der Waals surface area contributed by atoms with Gasteiger partial charge in [-0.2, -0.15) is 0 Å². The van der Waals surface area contributed by atoms with E-state index in [1.165, 1.54) is 10.4 Å². The van der Waals surface area contributed by atoms with Gasteiger partial charge in [0.1, 0.15) is 5.75 Å². The van der Waals surface area contributed by atoms with E-state index >= 15 is 0 Å². The Labute approximate surface area is 105 Å². The Morgan fingerprint density at radius 3 is 2.53 bits per heavy atom. The minimum Gasteiger partial charge on any atom is -0.497 e. The third kappa shape index (κ3) is 2.99. The van der Waals surface area contributed by atoms with E-state index in [1.54, 1.807) is 23.5 Å². The third-order valence-corrected chi connectivity index (χ3v) is 3.55. The van der Waals surface area contributed by atoms with Gasteiger partial charge in [0.05, 0.1) is 19.3 Å². The predicted molar refractivity (Wildman–Crippen MR) is 72.4 cm³/mol. The normalized spacial score (nSPS) is 10.3. The molecule has 2 rings (SSSR count). The average molecular weight is 248 g/mol. The lowest BCUT2D eigenvalue weighted by atomic mass is 10.3. The first-order valence-corrected chi connectivity index (χ1v) is 6.27. The van der Waals surface area contributed by atoms with Crippen LogP contribution in [0.3, 0.4) is 0 Å². The first-order chi connectivity index (χ1) is 8.19. The molecule has 0 saturated heterocycles.